The lowest BCUT2D eigenvalue weighted by molar-refractivity contribution is 0.423. The molecule has 0 bridgehead atoms. The molecule has 0 unspecified atom stereocenters. The molecule has 21 heavy (non-hydrogen) atoms. The topological polar surface area (TPSA) is 129 Å². The number of phenols is 1. The molecular formula is C12H10O7S2. The molecule has 9 heteroatoms. The largest absolute Gasteiger partial charge is 0.505 e. The smallest absolute Gasteiger partial charge is 0.298 e. The lowest BCUT2D eigenvalue weighted by Gasteiger charge is -2.11. The van der Waals surface area contributed by atoms with Crippen LogP contribution in [-0.2, 0) is 20.2 Å². The van der Waals surface area contributed by atoms with E-state index in [1.54, 1.807) is 18.2 Å². The number of hydrogen-bond donors (Lipinski definition) is 3. The zero-order valence-electron chi connectivity index (χ0n) is 10.3. The predicted molar refractivity (Wildman–Crippen MR) is 73.2 cm³/mol. The van der Waals surface area contributed by atoms with E-state index in [4.69, 9.17) is 4.55 Å². The number of hydrogen-bond acceptors (Lipinski definition) is 5. The molecule has 0 radical (unpaired) electrons. The zero-order valence-corrected chi connectivity index (χ0v) is 12.0. The van der Waals surface area contributed by atoms with Crippen molar-refractivity contribution in [3.63, 3.8) is 0 Å². The van der Waals surface area contributed by atoms with Crippen LogP contribution in [0.15, 0.2) is 52.3 Å². The summed E-state index contributed by atoms with van der Waals surface area (Å²) in [5, 5.41) is 9.82. The first kappa shape index (κ1) is 15.4. The van der Waals surface area contributed by atoms with Gasteiger partial charge in [-0.2, -0.15) is 16.8 Å². The minimum absolute atomic E-state index is 0.0944. The van der Waals surface area contributed by atoms with E-state index in [9.17, 15) is 26.5 Å². The van der Waals surface area contributed by atoms with Crippen molar-refractivity contribution in [3.05, 3.63) is 42.5 Å². The van der Waals surface area contributed by atoms with Crippen LogP contribution in [0.5, 0.6) is 5.75 Å². The van der Waals surface area contributed by atoms with E-state index < -0.39 is 35.8 Å². The molecule has 0 aromatic heterocycles. The first-order valence-electron chi connectivity index (χ1n) is 5.49. The molecule has 0 saturated heterocycles. The number of benzene rings is 2. The molecule has 0 heterocycles. The standard InChI is InChI=1S/C12H10O7S2/c13-11-10(20(14,15)16)7-6-9(12(11)21(17,18)19)8-4-2-1-3-5-8/h1-7,13H,(H,14,15,16)(H,17,18,19). The van der Waals surface area contributed by atoms with Gasteiger partial charge < -0.3 is 5.11 Å². The Morgan fingerprint density at radius 1 is 0.762 bits per heavy atom. The summed E-state index contributed by atoms with van der Waals surface area (Å²) < 4.78 is 63.3. The van der Waals surface area contributed by atoms with Crippen molar-refractivity contribution in [1.82, 2.24) is 0 Å². The Hall–Kier alpha value is -1.94. The third-order valence-electron chi connectivity index (χ3n) is 2.72. The molecule has 112 valence electrons. The van der Waals surface area contributed by atoms with E-state index in [0.29, 0.717) is 5.56 Å². The van der Waals surface area contributed by atoms with Crippen LogP contribution in [0.3, 0.4) is 0 Å². The molecule has 2 rings (SSSR count). The quantitative estimate of drug-likeness (QED) is 0.728. The minimum Gasteiger partial charge on any atom is -0.505 e. The molecule has 0 spiro atoms. The van der Waals surface area contributed by atoms with Crippen molar-refractivity contribution < 1.29 is 31.0 Å². The summed E-state index contributed by atoms with van der Waals surface area (Å²) in [5.74, 6) is -1.23. The van der Waals surface area contributed by atoms with Crippen LogP contribution >= 0.6 is 0 Å². The summed E-state index contributed by atoms with van der Waals surface area (Å²) >= 11 is 0. The summed E-state index contributed by atoms with van der Waals surface area (Å²) in [6, 6.07) is 9.80. The molecule has 3 N–H and O–H groups in total. The van der Waals surface area contributed by atoms with E-state index in [1.807, 2.05) is 0 Å². The Kier molecular flexibility index (Phi) is 3.76. The van der Waals surface area contributed by atoms with E-state index in [-0.39, 0.29) is 5.56 Å². The summed E-state index contributed by atoms with van der Waals surface area (Å²) in [7, 11) is -9.76. The highest BCUT2D eigenvalue weighted by Crippen LogP contribution is 2.38. The lowest BCUT2D eigenvalue weighted by Crippen LogP contribution is -2.06. The highest BCUT2D eigenvalue weighted by molar-refractivity contribution is 7.87. The van der Waals surface area contributed by atoms with E-state index >= 15 is 0 Å². The Balaban J connectivity index is 2.90. The lowest BCUT2D eigenvalue weighted by atomic mass is 10.1. The van der Waals surface area contributed by atoms with E-state index in [2.05, 4.69) is 0 Å². The average Bonchev–Trinajstić information content (AvgIpc) is 2.36. The van der Waals surface area contributed by atoms with Gasteiger partial charge in [-0.1, -0.05) is 36.4 Å². The van der Waals surface area contributed by atoms with Crippen LogP contribution in [0, 0.1) is 0 Å². The monoisotopic (exact) mass is 330 g/mol. The molecule has 0 atom stereocenters. The van der Waals surface area contributed by atoms with Gasteiger partial charge in [0, 0.05) is 5.56 Å². The van der Waals surface area contributed by atoms with Crippen molar-refractivity contribution >= 4 is 20.2 Å². The van der Waals surface area contributed by atoms with Crippen LogP contribution in [0.4, 0.5) is 0 Å². The van der Waals surface area contributed by atoms with Gasteiger partial charge in [-0.3, -0.25) is 9.11 Å². The third-order valence-corrected chi connectivity index (χ3v) is 4.53. The van der Waals surface area contributed by atoms with Crippen LogP contribution in [0.25, 0.3) is 11.1 Å². The van der Waals surface area contributed by atoms with Crippen molar-refractivity contribution in [2.75, 3.05) is 0 Å². The second-order valence-corrected chi connectivity index (χ2v) is 6.85. The van der Waals surface area contributed by atoms with Gasteiger partial charge in [-0.15, -0.1) is 0 Å². The zero-order chi connectivity index (χ0) is 15.8. The van der Waals surface area contributed by atoms with Gasteiger partial charge >= 0.3 is 0 Å². The van der Waals surface area contributed by atoms with Gasteiger partial charge in [0.1, 0.15) is 9.79 Å². The molecule has 0 amide bonds. The fraction of sp³-hybridized carbons (Fsp3) is 0. The molecule has 0 aliphatic rings. The van der Waals surface area contributed by atoms with Crippen LogP contribution in [0.2, 0.25) is 0 Å². The van der Waals surface area contributed by atoms with Crippen molar-refractivity contribution in [3.8, 4) is 16.9 Å². The highest BCUT2D eigenvalue weighted by Gasteiger charge is 2.28. The molecule has 0 aliphatic heterocycles. The van der Waals surface area contributed by atoms with Crippen molar-refractivity contribution in [2.45, 2.75) is 9.79 Å². The molecule has 0 saturated carbocycles. The molecular weight excluding hydrogens is 320 g/mol. The van der Waals surface area contributed by atoms with Gasteiger partial charge in [0.2, 0.25) is 0 Å². The SMILES string of the molecule is O=S(=O)(O)c1ccc(-c2ccccc2)c(S(=O)(=O)O)c1O. The summed E-state index contributed by atoms with van der Waals surface area (Å²) in [5.41, 5.74) is 0.241. The summed E-state index contributed by atoms with van der Waals surface area (Å²) in [4.78, 5) is -1.99. The molecule has 2 aromatic rings. The average molecular weight is 330 g/mol. The Morgan fingerprint density at radius 2 is 1.33 bits per heavy atom. The number of phenolic OH excluding ortho intramolecular Hbond substituents is 1. The predicted octanol–water partition coefficient (Wildman–Crippen LogP) is 1.55. The van der Waals surface area contributed by atoms with Gasteiger partial charge in [0.05, 0.1) is 0 Å². The number of aromatic hydroxyl groups is 1. The molecule has 0 aliphatic carbocycles. The van der Waals surface area contributed by atoms with Crippen LogP contribution in [-0.4, -0.2) is 31.0 Å². The molecule has 0 fully saturated rings. The van der Waals surface area contributed by atoms with Gasteiger partial charge in [-0.25, -0.2) is 0 Å². The van der Waals surface area contributed by atoms with Crippen molar-refractivity contribution in [1.29, 1.82) is 0 Å². The Morgan fingerprint density at radius 3 is 1.81 bits per heavy atom. The van der Waals surface area contributed by atoms with Gasteiger partial charge in [0.25, 0.3) is 20.2 Å². The van der Waals surface area contributed by atoms with E-state index in [0.717, 1.165) is 12.1 Å². The first-order chi connectivity index (χ1) is 9.62. The first-order valence-corrected chi connectivity index (χ1v) is 8.37. The Bertz CT molecular complexity index is 885. The fourth-order valence-corrected chi connectivity index (χ4v) is 3.34. The van der Waals surface area contributed by atoms with Gasteiger partial charge in [-0.05, 0) is 11.6 Å². The van der Waals surface area contributed by atoms with Crippen LogP contribution in [0.1, 0.15) is 0 Å². The van der Waals surface area contributed by atoms with Crippen LogP contribution < -0.4 is 0 Å². The van der Waals surface area contributed by atoms with E-state index in [1.165, 1.54) is 12.1 Å². The van der Waals surface area contributed by atoms with Crippen molar-refractivity contribution in [2.24, 2.45) is 0 Å². The van der Waals surface area contributed by atoms with Gasteiger partial charge in [0.15, 0.2) is 5.75 Å². The highest BCUT2D eigenvalue weighted by atomic mass is 32.2. The minimum atomic E-state index is -4.92. The molecule has 7 nitrogen and oxygen atoms in total. The number of rotatable bonds is 3. The maximum Gasteiger partial charge on any atom is 0.298 e. The normalized spacial score (nSPS) is 12.3. The fourth-order valence-electron chi connectivity index (χ4n) is 1.87. The third kappa shape index (κ3) is 3.05. The maximum atomic E-state index is 11.4. The Labute approximate surface area is 121 Å². The summed E-state index contributed by atoms with van der Waals surface area (Å²) in [6.45, 7) is 0. The second-order valence-electron chi connectivity index (χ2n) is 4.11. The summed E-state index contributed by atoms with van der Waals surface area (Å²) in [6.07, 6.45) is 0. The second kappa shape index (κ2) is 5.11. The maximum absolute atomic E-state index is 11.4. The molecule has 2 aromatic carbocycles.